The molecule has 0 saturated carbocycles. The number of carbonyl (C=O) groups is 3. The van der Waals surface area contributed by atoms with Crippen LogP contribution in [0.5, 0.6) is 0 Å². The van der Waals surface area contributed by atoms with Crippen molar-refractivity contribution in [2.45, 2.75) is 45.1 Å². The summed E-state index contributed by atoms with van der Waals surface area (Å²) >= 11 is 0. The summed E-state index contributed by atoms with van der Waals surface area (Å²) in [6.07, 6.45) is 2.96. The maximum absolute atomic E-state index is 12.7. The number of nitrogens with one attached hydrogen (secondary N) is 1. The van der Waals surface area contributed by atoms with Crippen molar-refractivity contribution in [2.75, 3.05) is 11.9 Å². The first-order valence-corrected chi connectivity index (χ1v) is 10.3. The summed E-state index contributed by atoms with van der Waals surface area (Å²) in [5.41, 5.74) is 1.57. The quantitative estimate of drug-likeness (QED) is 0.385. The van der Waals surface area contributed by atoms with E-state index in [1.54, 1.807) is 12.1 Å². The Balaban J connectivity index is 1.87. The van der Waals surface area contributed by atoms with Gasteiger partial charge in [-0.05, 0) is 30.5 Å². The Labute approximate surface area is 177 Å². The van der Waals surface area contributed by atoms with Crippen LogP contribution in [0.25, 0.3) is 0 Å². The number of carbonyl (C=O) groups excluding carboxylic acids is 3. The molecule has 2 aromatic carbocycles. The minimum atomic E-state index is -0.512. The van der Waals surface area contributed by atoms with E-state index in [0.717, 1.165) is 12.0 Å². The molecule has 0 spiro atoms. The second-order valence-corrected chi connectivity index (χ2v) is 7.20. The first kappa shape index (κ1) is 23.3. The number of aliphatic hydroxyl groups excluding tert-OH is 1. The summed E-state index contributed by atoms with van der Waals surface area (Å²) in [6, 6.07) is 18.5. The van der Waals surface area contributed by atoms with Crippen molar-refractivity contribution >= 4 is 23.3 Å². The van der Waals surface area contributed by atoms with Gasteiger partial charge < -0.3 is 15.2 Å². The molecule has 30 heavy (non-hydrogen) atoms. The van der Waals surface area contributed by atoms with Crippen LogP contribution in [0.4, 0.5) is 5.69 Å². The van der Waals surface area contributed by atoms with Gasteiger partial charge in [0.1, 0.15) is 13.2 Å². The van der Waals surface area contributed by atoms with Crippen LogP contribution >= 0.6 is 0 Å². The minimum absolute atomic E-state index is 0.00106. The van der Waals surface area contributed by atoms with Crippen molar-refractivity contribution in [1.29, 1.82) is 0 Å². The van der Waals surface area contributed by atoms with Gasteiger partial charge in [0.25, 0.3) is 0 Å². The van der Waals surface area contributed by atoms with Crippen LogP contribution in [-0.4, -0.2) is 29.4 Å². The van der Waals surface area contributed by atoms with Crippen molar-refractivity contribution in [2.24, 2.45) is 5.92 Å². The number of esters is 1. The van der Waals surface area contributed by atoms with E-state index in [-0.39, 0.29) is 24.7 Å². The van der Waals surface area contributed by atoms with E-state index < -0.39 is 18.5 Å². The monoisotopic (exact) mass is 411 g/mol. The number of ether oxygens (including phenoxy) is 1. The van der Waals surface area contributed by atoms with Crippen LogP contribution in [0.2, 0.25) is 0 Å². The molecule has 1 amide bonds. The highest BCUT2D eigenvalue weighted by molar-refractivity contribution is 5.94. The number of hydrogen-bond donors (Lipinski definition) is 2. The van der Waals surface area contributed by atoms with Crippen molar-refractivity contribution in [1.82, 2.24) is 0 Å². The first-order chi connectivity index (χ1) is 14.6. The van der Waals surface area contributed by atoms with Crippen molar-refractivity contribution in [3.05, 3.63) is 66.2 Å². The highest BCUT2D eigenvalue weighted by Crippen LogP contribution is 2.19. The summed E-state index contributed by atoms with van der Waals surface area (Å²) in [5.74, 6) is -1.33. The predicted octanol–water partition coefficient (Wildman–Crippen LogP) is 3.89. The van der Waals surface area contributed by atoms with Crippen LogP contribution < -0.4 is 5.32 Å². The molecule has 1 unspecified atom stereocenters. The molecule has 0 fully saturated rings. The van der Waals surface area contributed by atoms with E-state index >= 15 is 0 Å². The maximum atomic E-state index is 12.7. The molecule has 160 valence electrons. The third-order valence-corrected chi connectivity index (χ3v) is 4.75. The molecule has 0 radical (unpaired) electrons. The molecule has 1 atom stereocenters. The molecule has 0 saturated heterocycles. The van der Waals surface area contributed by atoms with E-state index in [1.807, 2.05) is 48.5 Å². The van der Waals surface area contributed by atoms with Gasteiger partial charge in [-0.15, -0.1) is 0 Å². The number of para-hydroxylation sites is 1. The standard InChI is InChI=1S/C24H29NO5/c26-17-22(27)15-9-2-6-12-20(24(29)25-21-13-7-3-8-14-21)16-23(28)30-18-19-10-4-1-5-11-19/h1,3-5,7-8,10-11,13-14,20,26H,2,6,9,12,15-18H2,(H,25,29). The zero-order valence-corrected chi connectivity index (χ0v) is 17.1. The van der Waals surface area contributed by atoms with Gasteiger partial charge in [0.15, 0.2) is 5.78 Å². The molecule has 0 heterocycles. The predicted molar refractivity (Wildman–Crippen MR) is 115 cm³/mol. The third-order valence-electron chi connectivity index (χ3n) is 4.75. The van der Waals surface area contributed by atoms with Gasteiger partial charge in [0, 0.05) is 18.0 Å². The van der Waals surface area contributed by atoms with Crippen LogP contribution in [0.15, 0.2) is 60.7 Å². The Morgan fingerprint density at radius 1 is 0.900 bits per heavy atom. The number of anilines is 1. The van der Waals surface area contributed by atoms with Crippen LogP contribution in [0.1, 0.15) is 44.1 Å². The van der Waals surface area contributed by atoms with Crippen molar-refractivity contribution in [3.8, 4) is 0 Å². The summed E-state index contributed by atoms with van der Waals surface area (Å²) < 4.78 is 5.34. The third kappa shape index (κ3) is 9.01. The summed E-state index contributed by atoms with van der Waals surface area (Å²) in [7, 11) is 0. The van der Waals surface area contributed by atoms with Gasteiger partial charge >= 0.3 is 5.97 Å². The average Bonchev–Trinajstić information content (AvgIpc) is 2.77. The molecule has 0 aromatic heterocycles. The van der Waals surface area contributed by atoms with Gasteiger partial charge in [-0.1, -0.05) is 61.4 Å². The highest BCUT2D eigenvalue weighted by atomic mass is 16.5. The number of benzene rings is 2. The number of aliphatic hydroxyl groups is 1. The largest absolute Gasteiger partial charge is 0.461 e. The number of ketones is 1. The molecule has 0 aliphatic heterocycles. The molecule has 6 nitrogen and oxygen atoms in total. The zero-order chi connectivity index (χ0) is 21.6. The molecule has 0 aliphatic carbocycles. The van der Waals surface area contributed by atoms with E-state index in [0.29, 0.717) is 31.4 Å². The van der Waals surface area contributed by atoms with Crippen LogP contribution in [-0.2, 0) is 25.7 Å². The Kier molecular flexibility index (Phi) is 10.3. The molecule has 2 rings (SSSR count). The Hall–Kier alpha value is -2.99. The molecular formula is C24H29NO5. The van der Waals surface area contributed by atoms with Crippen molar-refractivity contribution in [3.63, 3.8) is 0 Å². The zero-order valence-electron chi connectivity index (χ0n) is 17.1. The molecular weight excluding hydrogens is 382 g/mol. The van der Waals surface area contributed by atoms with E-state index in [1.165, 1.54) is 0 Å². The lowest BCUT2D eigenvalue weighted by atomic mass is 9.96. The maximum Gasteiger partial charge on any atom is 0.306 e. The Bertz CT molecular complexity index is 792. The number of unbranched alkanes of at least 4 members (excludes halogenated alkanes) is 2. The molecule has 0 bridgehead atoms. The fourth-order valence-corrected chi connectivity index (χ4v) is 3.06. The average molecular weight is 411 g/mol. The Morgan fingerprint density at radius 2 is 1.57 bits per heavy atom. The van der Waals surface area contributed by atoms with Crippen LogP contribution in [0, 0.1) is 5.92 Å². The van der Waals surface area contributed by atoms with Gasteiger partial charge in [0.2, 0.25) is 5.91 Å². The summed E-state index contributed by atoms with van der Waals surface area (Å²) in [5, 5.41) is 11.6. The lowest BCUT2D eigenvalue weighted by molar-refractivity contribution is -0.147. The second kappa shape index (κ2) is 13.3. The van der Waals surface area contributed by atoms with Gasteiger partial charge in [-0.25, -0.2) is 0 Å². The van der Waals surface area contributed by atoms with Crippen LogP contribution in [0.3, 0.4) is 0 Å². The lowest BCUT2D eigenvalue weighted by Gasteiger charge is -2.16. The summed E-state index contributed by atoms with van der Waals surface area (Å²) in [6.45, 7) is -0.259. The topological polar surface area (TPSA) is 92.7 Å². The summed E-state index contributed by atoms with van der Waals surface area (Å²) in [4.78, 5) is 36.2. The molecule has 2 aromatic rings. The van der Waals surface area contributed by atoms with Crippen molar-refractivity contribution < 1.29 is 24.2 Å². The number of amides is 1. The van der Waals surface area contributed by atoms with Gasteiger partial charge in [-0.3, -0.25) is 14.4 Å². The normalized spacial score (nSPS) is 11.5. The molecule has 0 aliphatic rings. The van der Waals surface area contributed by atoms with E-state index in [9.17, 15) is 14.4 Å². The fraction of sp³-hybridized carbons (Fsp3) is 0.375. The number of rotatable bonds is 13. The molecule has 2 N–H and O–H groups in total. The Morgan fingerprint density at radius 3 is 2.23 bits per heavy atom. The molecule has 6 heteroatoms. The highest BCUT2D eigenvalue weighted by Gasteiger charge is 2.23. The van der Waals surface area contributed by atoms with Gasteiger partial charge in [-0.2, -0.15) is 0 Å². The smallest absolute Gasteiger partial charge is 0.306 e. The SMILES string of the molecule is O=C(CO)CCCCCC(CC(=O)OCc1ccccc1)C(=O)Nc1ccccc1. The van der Waals surface area contributed by atoms with E-state index in [4.69, 9.17) is 9.84 Å². The number of Topliss-reactive ketones (excluding diaryl/α,β-unsaturated/α-hetero) is 1. The first-order valence-electron chi connectivity index (χ1n) is 10.3. The van der Waals surface area contributed by atoms with E-state index in [2.05, 4.69) is 5.32 Å². The fourth-order valence-electron chi connectivity index (χ4n) is 3.06. The minimum Gasteiger partial charge on any atom is -0.461 e. The second-order valence-electron chi connectivity index (χ2n) is 7.20. The number of hydrogen-bond acceptors (Lipinski definition) is 5. The van der Waals surface area contributed by atoms with Gasteiger partial charge in [0.05, 0.1) is 6.42 Å². The lowest BCUT2D eigenvalue weighted by Crippen LogP contribution is -2.26.